The van der Waals surface area contributed by atoms with E-state index in [1.165, 1.54) is 0 Å². The third kappa shape index (κ3) is 5.21. The Morgan fingerprint density at radius 1 is 1.44 bits per heavy atom. The van der Waals surface area contributed by atoms with E-state index >= 15 is 0 Å². The average Bonchev–Trinajstić information content (AvgIpc) is 1.89. The molecule has 0 bridgehead atoms. The fourth-order valence-electron chi connectivity index (χ4n) is 0.292. The Bertz CT molecular complexity index is 114. The molecule has 0 N–H and O–H groups in total. The molecule has 0 unspecified atom stereocenters. The molecular weight excluding hydrogens is 112 g/mol. The van der Waals surface area contributed by atoms with Crippen molar-refractivity contribution in [3.8, 4) is 0 Å². The van der Waals surface area contributed by atoms with Crippen LogP contribution in [0.3, 0.4) is 0 Å². The molecule has 0 rings (SSSR count). The first-order chi connectivity index (χ1) is 4.31. The molecule has 0 aliphatic carbocycles. The molecule has 0 spiro atoms. The van der Waals surface area contributed by atoms with Gasteiger partial charge in [-0.05, 0) is 19.8 Å². The minimum atomic E-state index is 0.959. The summed E-state index contributed by atoms with van der Waals surface area (Å²) in [6, 6.07) is 0. The van der Waals surface area contributed by atoms with Gasteiger partial charge in [-0.2, -0.15) is 10.2 Å². The van der Waals surface area contributed by atoms with Crippen molar-refractivity contribution >= 4 is 11.9 Å². The molecule has 0 atom stereocenters. The second-order valence-electron chi connectivity index (χ2n) is 1.90. The van der Waals surface area contributed by atoms with Gasteiger partial charge in [-0.3, -0.25) is 0 Å². The molecule has 0 fully saturated rings. The predicted octanol–water partition coefficient (Wildman–Crippen LogP) is 2.25. The van der Waals surface area contributed by atoms with E-state index in [1.807, 2.05) is 13.8 Å². The molecule has 2 nitrogen and oxygen atoms in total. The molecule has 2 heteroatoms. The summed E-state index contributed by atoms with van der Waals surface area (Å²) in [5.41, 5.74) is 1.08. The lowest BCUT2D eigenvalue weighted by molar-refractivity contribution is 1.15. The van der Waals surface area contributed by atoms with Crippen molar-refractivity contribution < 1.29 is 0 Å². The van der Waals surface area contributed by atoms with Crippen molar-refractivity contribution in [1.82, 2.24) is 0 Å². The van der Waals surface area contributed by atoms with Crippen LogP contribution in [0.5, 0.6) is 0 Å². The van der Waals surface area contributed by atoms with Gasteiger partial charge < -0.3 is 0 Å². The quantitative estimate of drug-likeness (QED) is 0.409. The van der Waals surface area contributed by atoms with Gasteiger partial charge in [0.05, 0.1) is 0 Å². The molecule has 0 heterocycles. The summed E-state index contributed by atoms with van der Waals surface area (Å²) in [6.45, 7) is 6.09. The average molecular weight is 126 g/mol. The van der Waals surface area contributed by atoms with Crippen LogP contribution in [0.4, 0.5) is 0 Å². The Kier molecular flexibility index (Phi) is 5.07. The van der Waals surface area contributed by atoms with E-state index in [0.717, 1.165) is 18.6 Å². The van der Waals surface area contributed by atoms with Gasteiger partial charge in [0.15, 0.2) is 0 Å². The summed E-state index contributed by atoms with van der Waals surface area (Å²) in [5, 5.41) is 7.74. The highest BCUT2D eigenvalue weighted by Crippen LogP contribution is 1.84. The maximum absolute atomic E-state index is 3.92. The van der Waals surface area contributed by atoms with E-state index in [1.54, 1.807) is 6.21 Å². The van der Waals surface area contributed by atoms with E-state index < -0.39 is 0 Å². The number of nitrogens with zero attached hydrogens (tertiary/aromatic N) is 2. The third-order valence-corrected chi connectivity index (χ3v) is 1.00. The van der Waals surface area contributed by atoms with Gasteiger partial charge in [0.25, 0.3) is 0 Å². The number of hydrogen-bond acceptors (Lipinski definition) is 2. The molecular formula is C7H14N2. The lowest BCUT2D eigenvalue weighted by atomic mass is 10.3. The second-order valence-corrected chi connectivity index (χ2v) is 1.90. The Morgan fingerprint density at radius 2 is 2.11 bits per heavy atom. The zero-order chi connectivity index (χ0) is 7.11. The summed E-state index contributed by atoms with van der Waals surface area (Å²) in [4.78, 5) is 0. The summed E-state index contributed by atoms with van der Waals surface area (Å²) < 4.78 is 0. The first-order valence-electron chi connectivity index (χ1n) is 3.36. The van der Waals surface area contributed by atoms with E-state index in [0.29, 0.717) is 0 Å². The Morgan fingerprint density at radius 3 is 2.56 bits per heavy atom. The zero-order valence-electron chi connectivity index (χ0n) is 6.39. The van der Waals surface area contributed by atoms with Crippen LogP contribution in [0.25, 0.3) is 0 Å². The molecule has 0 aromatic carbocycles. The minimum absolute atomic E-state index is 0.959. The van der Waals surface area contributed by atoms with Crippen LogP contribution in [0.2, 0.25) is 0 Å². The van der Waals surface area contributed by atoms with Crippen LogP contribution >= 0.6 is 0 Å². The van der Waals surface area contributed by atoms with Gasteiger partial charge in [-0.25, -0.2) is 0 Å². The smallest absolute Gasteiger partial charge is 0.0372 e. The third-order valence-electron chi connectivity index (χ3n) is 1.00. The normalized spacial score (nSPS) is 13.0. The van der Waals surface area contributed by atoms with E-state index in [2.05, 4.69) is 17.1 Å². The fourth-order valence-corrected chi connectivity index (χ4v) is 0.292. The zero-order valence-corrected chi connectivity index (χ0v) is 6.39. The summed E-state index contributed by atoms with van der Waals surface area (Å²) in [5.74, 6) is 0. The number of rotatable bonds is 3. The van der Waals surface area contributed by atoms with Gasteiger partial charge in [-0.1, -0.05) is 13.8 Å². The minimum Gasteiger partial charge on any atom is -0.164 e. The standard InChI is InChI=1S/C7H14N2/c1-4-6-8-9-7(3)5-2/h6H,4-5H2,1-3H3/b8-6+,9-7?. The van der Waals surface area contributed by atoms with Crippen molar-refractivity contribution in [2.24, 2.45) is 10.2 Å². The summed E-state index contributed by atoms with van der Waals surface area (Å²) >= 11 is 0. The van der Waals surface area contributed by atoms with Crippen LogP contribution in [-0.4, -0.2) is 11.9 Å². The van der Waals surface area contributed by atoms with Crippen LogP contribution < -0.4 is 0 Å². The Hall–Kier alpha value is -0.660. The Balaban J connectivity index is 3.55. The molecule has 0 saturated heterocycles. The molecule has 52 valence electrons. The molecule has 0 amide bonds. The van der Waals surface area contributed by atoms with E-state index in [9.17, 15) is 0 Å². The van der Waals surface area contributed by atoms with Gasteiger partial charge in [0.1, 0.15) is 0 Å². The van der Waals surface area contributed by atoms with Gasteiger partial charge >= 0.3 is 0 Å². The van der Waals surface area contributed by atoms with Gasteiger partial charge in [-0.15, -0.1) is 0 Å². The number of hydrogen-bond donors (Lipinski definition) is 0. The second kappa shape index (κ2) is 5.48. The maximum Gasteiger partial charge on any atom is 0.0372 e. The van der Waals surface area contributed by atoms with Crippen LogP contribution in [0.15, 0.2) is 10.2 Å². The molecule has 0 aliphatic heterocycles. The first-order valence-corrected chi connectivity index (χ1v) is 3.36. The van der Waals surface area contributed by atoms with Crippen LogP contribution in [0.1, 0.15) is 33.6 Å². The van der Waals surface area contributed by atoms with E-state index in [-0.39, 0.29) is 0 Å². The molecule has 0 aromatic heterocycles. The summed E-state index contributed by atoms with van der Waals surface area (Å²) in [6.07, 6.45) is 3.75. The highest BCUT2D eigenvalue weighted by Gasteiger charge is 1.79. The van der Waals surface area contributed by atoms with Gasteiger partial charge in [0, 0.05) is 11.9 Å². The SMILES string of the molecule is CC/C=N/N=C(C)CC. The molecule has 0 aliphatic rings. The van der Waals surface area contributed by atoms with Crippen molar-refractivity contribution in [3.63, 3.8) is 0 Å². The topological polar surface area (TPSA) is 24.7 Å². The monoisotopic (exact) mass is 126 g/mol. The molecule has 0 radical (unpaired) electrons. The fraction of sp³-hybridized carbons (Fsp3) is 0.714. The highest BCUT2D eigenvalue weighted by atomic mass is 15.2. The summed E-state index contributed by atoms with van der Waals surface area (Å²) in [7, 11) is 0. The molecule has 9 heavy (non-hydrogen) atoms. The van der Waals surface area contributed by atoms with Crippen molar-refractivity contribution in [2.75, 3.05) is 0 Å². The predicted molar refractivity (Wildman–Crippen MR) is 42.2 cm³/mol. The Labute approximate surface area is 56.7 Å². The van der Waals surface area contributed by atoms with Crippen molar-refractivity contribution in [2.45, 2.75) is 33.6 Å². The van der Waals surface area contributed by atoms with Crippen LogP contribution in [-0.2, 0) is 0 Å². The highest BCUT2D eigenvalue weighted by molar-refractivity contribution is 5.81. The largest absolute Gasteiger partial charge is 0.164 e. The van der Waals surface area contributed by atoms with Gasteiger partial charge in [0.2, 0.25) is 0 Å². The molecule has 0 aromatic rings. The first kappa shape index (κ1) is 8.34. The van der Waals surface area contributed by atoms with E-state index in [4.69, 9.17) is 0 Å². The molecule has 0 saturated carbocycles. The van der Waals surface area contributed by atoms with Crippen molar-refractivity contribution in [1.29, 1.82) is 0 Å². The lowest BCUT2D eigenvalue weighted by Gasteiger charge is -1.85. The van der Waals surface area contributed by atoms with Crippen molar-refractivity contribution in [3.05, 3.63) is 0 Å². The lowest BCUT2D eigenvalue weighted by Crippen LogP contribution is -1.84. The maximum atomic E-state index is 3.92. The van der Waals surface area contributed by atoms with Crippen LogP contribution in [0, 0.1) is 0 Å².